The van der Waals surface area contributed by atoms with Crippen LogP contribution >= 0.6 is 11.6 Å². The van der Waals surface area contributed by atoms with Crippen LogP contribution < -0.4 is 14.4 Å². The molecule has 1 amide bonds. The van der Waals surface area contributed by atoms with Crippen molar-refractivity contribution in [2.45, 2.75) is 19.1 Å². The predicted octanol–water partition coefficient (Wildman–Crippen LogP) is 6.31. The minimum atomic E-state index is -4.58. The second-order valence-electron chi connectivity index (χ2n) is 8.31. The maximum Gasteiger partial charge on any atom is 0.416 e. The number of hydrogen-bond acceptors (Lipinski definition) is 5. The molecule has 1 aliphatic heterocycles. The van der Waals surface area contributed by atoms with Gasteiger partial charge >= 0.3 is 6.18 Å². The topological polar surface area (TPSA) is 76.1 Å². The highest BCUT2D eigenvalue weighted by Crippen LogP contribution is 2.45. The number of aliphatic hydroxyl groups excluding tert-OH is 1. The second-order valence-corrected chi connectivity index (χ2v) is 8.72. The molecule has 1 saturated heterocycles. The monoisotopic (exact) mass is 531 g/mol. The molecule has 1 heterocycles. The first-order chi connectivity index (χ1) is 17.5. The molecule has 4 rings (SSSR count). The Morgan fingerprint density at radius 3 is 2.19 bits per heavy atom. The van der Waals surface area contributed by atoms with Crippen LogP contribution in [0.2, 0.25) is 5.02 Å². The van der Waals surface area contributed by atoms with E-state index in [0.29, 0.717) is 5.56 Å². The van der Waals surface area contributed by atoms with Crippen LogP contribution in [0.25, 0.3) is 5.76 Å². The van der Waals surface area contributed by atoms with E-state index in [2.05, 4.69) is 0 Å². The van der Waals surface area contributed by atoms with Gasteiger partial charge in [-0.1, -0.05) is 41.4 Å². The number of Topliss-reactive ketones (excluding diaryl/α,β-unsaturated/α-hetero) is 1. The largest absolute Gasteiger partial charge is 0.507 e. The zero-order valence-corrected chi connectivity index (χ0v) is 20.6. The third-order valence-corrected chi connectivity index (χ3v) is 6.30. The molecule has 1 aliphatic rings. The van der Waals surface area contributed by atoms with Crippen molar-refractivity contribution in [3.8, 4) is 11.5 Å². The van der Waals surface area contributed by atoms with Gasteiger partial charge in [0, 0.05) is 11.8 Å². The number of ether oxygens (including phenoxy) is 2. The first kappa shape index (κ1) is 26.1. The summed E-state index contributed by atoms with van der Waals surface area (Å²) >= 11 is 6.17. The summed E-state index contributed by atoms with van der Waals surface area (Å²) in [6.45, 7) is 1.81. The molecule has 1 atom stereocenters. The fourth-order valence-electron chi connectivity index (χ4n) is 4.26. The minimum Gasteiger partial charge on any atom is -0.507 e. The molecule has 6 nitrogen and oxygen atoms in total. The number of aliphatic hydroxyl groups is 1. The van der Waals surface area contributed by atoms with Crippen molar-refractivity contribution in [1.29, 1.82) is 0 Å². The van der Waals surface area contributed by atoms with Gasteiger partial charge in [-0.2, -0.15) is 13.2 Å². The number of aryl methyl sites for hydroxylation is 1. The van der Waals surface area contributed by atoms with Crippen LogP contribution in [0.1, 0.15) is 28.3 Å². The summed E-state index contributed by atoms with van der Waals surface area (Å²) in [5.41, 5.74) is 0.214. The van der Waals surface area contributed by atoms with Gasteiger partial charge in [-0.25, -0.2) is 0 Å². The number of halogens is 4. The number of methoxy groups -OCH3 is 2. The van der Waals surface area contributed by atoms with Gasteiger partial charge in [0.05, 0.1) is 42.0 Å². The summed E-state index contributed by atoms with van der Waals surface area (Å²) in [5, 5.41) is 11.6. The molecular formula is C27H21ClF3NO5. The number of benzene rings is 3. The summed E-state index contributed by atoms with van der Waals surface area (Å²) in [6.07, 6.45) is -4.58. The average molecular weight is 532 g/mol. The van der Waals surface area contributed by atoms with Crippen LogP contribution in [0.15, 0.2) is 66.2 Å². The summed E-state index contributed by atoms with van der Waals surface area (Å²) in [6, 6.07) is 12.4. The molecule has 3 aromatic carbocycles. The number of carbonyl (C=O) groups is 2. The van der Waals surface area contributed by atoms with E-state index in [1.807, 2.05) is 0 Å². The van der Waals surface area contributed by atoms with Gasteiger partial charge < -0.3 is 14.6 Å². The molecule has 37 heavy (non-hydrogen) atoms. The number of nitrogens with zero attached hydrogens (tertiary/aromatic N) is 1. The van der Waals surface area contributed by atoms with E-state index in [0.717, 1.165) is 34.7 Å². The molecule has 0 saturated carbocycles. The van der Waals surface area contributed by atoms with Gasteiger partial charge in [-0.3, -0.25) is 14.5 Å². The van der Waals surface area contributed by atoms with Crippen molar-refractivity contribution in [3.63, 3.8) is 0 Å². The van der Waals surface area contributed by atoms with Crippen molar-refractivity contribution >= 4 is 34.7 Å². The van der Waals surface area contributed by atoms with Crippen molar-refractivity contribution in [2.75, 3.05) is 19.1 Å². The van der Waals surface area contributed by atoms with E-state index in [1.165, 1.54) is 26.4 Å². The van der Waals surface area contributed by atoms with E-state index < -0.39 is 35.2 Å². The third kappa shape index (κ3) is 4.74. The van der Waals surface area contributed by atoms with Crippen molar-refractivity contribution in [2.24, 2.45) is 0 Å². The molecule has 3 aromatic rings. The predicted molar refractivity (Wildman–Crippen MR) is 132 cm³/mol. The maximum absolute atomic E-state index is 13.3. The number of alkyl halides is 3. The Balaban J connectivity index is 1.97. The Morgan fingerprint density at radius 1 is 0.973 bits per heavy atom. The summed E-state index contributed by atoms with van der Waals surface area (Å²) in [7, 11) is 2.71. The smallest absolute Gasteiger partial charge is 0.416 e. The molecule has 0 aromatic heterocycles. The Kier molecular flexibility index (Phi) is 6.92. The Bertz CT molecular complexity index is 1420. The average Bonchev–Trinajstić information content (AvgIpc) is 3.13. The number of carbonyl (C=O) groups excluding carboxylic acids is 2. The SMILES string of the molecule is COc1cc(/C(O)=C2\C(=O)C(=O)N(c3ccc(C(F)(F)F)cc3)C2c2cccc(C)c2)c(OC)cc1Cl. The van der Waals surface area contributed by atoms with Crippen molar-refractivity contribution < 1.29 is 37.3 Å². The van der Waals surface area contributed by atoms with E-state index in [-0.39, 0.29) is 33.3 Å². The zero-order valence-electron chi connectivity index (χ0n) is 19.9. The molecular weight excluding hydrogens is 511 g/mol. The first-order valence-electron chi connectivity index (χ1n) is 10.9. The summed E-state index contributed by atoms with van der Waals surface area (Å²) < 4.78 is 50.0. The Hall–Kier alpha value is -3.98. The van der Waals surface area contributed by atoms with E-state index in [4.69, 9.17) is 21.1 Å². The van der Waals surface area contributed by atoms with Gasteiger partial charge in [-0.15, -0.1) is 0 Å². The van der Waals surface area contributed by atoms with Crippen molar-refractivity contribution in [1.82, 2.24) is 0 Å². The second kappa shape index (κ2) is 9.82. The van der Waals surface area contributed by atoms with Crippen LogP contribution in [0.3, 0.4) is 0 Å². The van der Waals surface area contributed by atoms with Gasteiger partial charge in [0.2, 0.25) is 0 Å². The van der Waals surface area contributed by atoms with E-state index in [1.54, 1.807) is 31.2 Å². The summed E-state index contributed by atoms with van der Waals surface area (Å²) in [4.78, 5) is 27.7. The van der Waals surface area contributed by atoms with Gasteiger partial charge in [0.25, 0.3) is 11.7 Å². The number of amides is 1. The lowest BCUT2D eigenvalue weighted by molar-refractivity contribution is -0.137. The Morgan fingerprint density at radius 2 is 1.62 bits per heavy atom. The number of ketones is 1. The molecule has 0 spiro atoms. The van der Waals surface area contributed by atoms with Crippen LogP contribution in [-0.4, -0.2) is 31.0 Å². The molecule has 10 heteroatoms. The lowest BCUT2D eigenvalue weighted by Crippen LogP contribution is -2.29. The standard InChI is InChI=1S/C27H21ClF3NO5/c1-14-5-4-6-15(11-14)23-22(24(33)18-12-21(37-3)19(28)13-20(18)36-2)25(34)26(35)32(23)17-9-7-16(8-10-17)27(29,30)31/h4-13,23,33H,1-3H3/b24-22+. The first-order valence-corrected chi connectivity index (χ1v) is 11.3. The van der Waals surface area contributed by atoms with Gasteiger partial charge in [0.1, 0.15) is 17.3 Å². The molecule has 1 fully saturated rings. The number of rotatable bonds is 5. The highest BCUT2D eigenvalue weighted by atomic mass is 35.5. The molecule has 0 bridgehead atoms. The number of hydrogen-bond donors (Lipinski definition) is 1. The normalized spacial score (nSPS) is 17.3. The quantitative estimate of drug-likeness (QED) is 0.237. The highest BCUT2D eigenvalue weighted by Gasteiger charge is 2.47. The molecule has 1 unspecified atom stereocenters. The zero-order chi connectivity index (χ0) is 27.1. The van der Waals surface area contributed by atoms with E-state index in [9.17, 15) is 27.9 Å². The molecule has 0 aliphatic carbocycles. The Labute approximate surface area is 215 Å². The lowest BCUT2D eigenvalue weighted by atomic mass is 9.94. The van der Waals surface area contributed by atoms with Crippen LogP contribution in [0.5, 0.6) is 11.5 Å². The van der Waals surface area contributed by atoms with Gasteiger partial charge in [0.15, 0.2) is 0 Å². The summed E-state index contributed by atoms with van der Waals surface area (Å²) in [5.74, 6) is -2.27. The molecule has 192 valence electrons. The van der Waals surface area contributed by atoms with Crippen LogP contribution in [0, 0.1) is 6.92 Å². The lowest BCUT2D eigenvalue weighted by Gasteiger charge is -2.26. The van der Waals surface area contributed by atoms with E-state index >= 15 is 0 Å². The fraction of sp³-hybridized carbons (Fsp3) is 0.185. The highest BCUT2D eigenvalue weighted by molar-refractivity contribution is 6.51. The van der Waals surface area contributed by atoms with Crippen LogP contribution in [0.4, 0.5) is 18.9 Å². The van der Waals surface area contributed by atoms with Gasteiger partial charge in [-0.05, 0) is 42.8 Å². The fourth-order valence-corrected chi connectivity index (χ4v) is 4.49. The molecule has 1 N–H and O–H groups in total. The molecule has 0 radical (unpaired) electrons. The minimum absolute atomic E-state index is 0.0480. The maximum atomic E-state index is 13.3. The van der Waals surface area contributed by atoms with Crippen molar-refractivity contribution in [3.05, 3.63) is 93.5 Å². The third-order valence-electron chi connectivity index (χ3n) is 6.00. The number of anilines is 1. The van der Waals surface area contributed by atoms with Crippen LogP contribution in [-0.2, 0) is 15.8 Å².